The number of nitrogens with two attached hydrogens (primary N) is 1. The number of carbonyl (C=O) groups excluding carboxylic acids is 1. The highest BCUT2D eigenvalue weighted by Crippen LogP contribution is 2.23. The summed E-state index contributed by atoms with van der Waals surface area (Å²) in [4.78, 5) is 11.7. The summed E-state index contributed by atoms with van der Waals surface area (Å²) in [6.07, 6.45) is 3.70. The Labute approximate surface area is 106 Å². The van der Waals surface area contributed by atoms with Gasteiger partial charge in [0.15, 0.2) is 0 Å². The number of nitrogens with zero attached hydrogens (tertiary/aromatic N) is 3. The van der Waals surface area contributed by atoms with Gasteiger partial charge < -0.3 is 15.8 Å². The molecule has 3 N–H and O–H groups in total. The summed E-state index contributed by atoms with van der Waals surface area (Å²) in [6, 6.07) is 0. The lowest BCUT2D eigenvalue weighted by Crippen LogP contribution is -2.41. The Morgan fingerprint density at radius 1 is 1.72 bits per heavy atom. The van der Waals surface area contributed by atoms with E-state index in [4.69, 9.17) is 10.5 Å². The minimum Gasteiger partial charge on any atom is -0.373 e. The molecular formula is C11H19N5O2. The summed E-state index contributed by atoms with van der Waals surface area (Å²) in [6.45, 7) is 3.80. The number of carbonyl (C=O) groups is 1. The summed E-state index contributed by atoms with van der Waals surface area (Å²) in [5.41, 5.74) is 5.87. The minimum absolute atomic E-state index is 0.0970. The molecule has 7 nitrogen and oxygen atoms in total. The molecule has 1 aliphatic rings. The Bertz CT molecular complexity index is 411. The van der Waals surface area contributed by atoms with E-state index in [1.165, 1.54) is 4.68 Å². The molecule has 1 aromatic heterocycles. The zero-order valence-electron chi connectivity index (χ0n) is 10.6. The lowest BCUT2D eigenvalue weighted by atomic mass is 10.0. The van der Waals surface area contributed by atoms with Crippen molar-refractivity contribution >= 4 is 5.91 Å². The molecule has 1 atom stereocenters. The Hall–Kier alpha value is -1.47. The van der Waals surface area contributed by atoms with E-state index in [0.717, 1.165) is 19.4 Å². The molecule has 0 radical (unpaired) electrons. The van der Waals surface area contributed by atoms with Gasteiger partial charge in [-0.2, -0.15) is 0 Å². The first-order chi connectivity index (χ1) is 8.61. The van der Waals surface area contributed by atoms with Gasteiger partial charge >= 0.3 is 0 Å². The van der Waals surface area contributed by atoms with E-state index in [9.17, 15) is 4.79 Å². The van der Waals surface area contributed by atoms with Crippen molar-refractivity contribution in [1.82, 2.24) is 20.3 Å². The van der Waals surface area contributed by atoms with Crippen LogP contribution in [0, 0.1) is 0 Å². The van der Waals surface area contributed by atoms with Crippen molar-refractivity contribution in [2.45, 2.75) is 38.5 Å². The first kappa shape index (κ1) is 13.0. The molecule has 0 spiro atoms. The van der Waals surface area contributed by atoms with Gasteiger partial charge in [0.2, 0.25) is 5.91 Å². The van der Waals surface area contributed by atoms with Crippen LogP contribution in [0.2, 0.25) is 0 Å². The molecule has 0 aliphatic carbocycles. The molecule has 1 aromatic rings. The molecule has 1 aliphatic heterocycles. The highest BCUT2D eigenvalue weighted by atomic mass is 16.5. The molecule has 18 heavy (non-hydrogen) atoms. The maximum atomic E-state index is 11.7. The molecule has 0 aromatic carbocycles. The van der Waals surface area contributed by atoms with Gasteiger partial charge in [0.25, 0.3) is 0 Å². The monoisotopic (exact) mass is 253 g/mol. The van der Waals surface area contributed by atoms with E-state index in [2.05, 4.69) is 15.6 Å². The lowest BCUT2D eigenvalue weighted by Gasteiger charge is -2.23. The van der Waals surface area contributed by atoms with Crippen LogP contribution in [-0.2, 0) is 22.6 Å². The smallest absolute Gasteiger partial charge is 0.241 e. The van der Waals surface area contributed by atoms with Crippen LogP contribution < -0.4 is 11.1 Å². The third-order valence-electron chi connectivity index (χ3n) is 3.06. The van der Waals surface area contributed by atoms with Crippen molar-refractivity contribution < 1.29 is 9.53 Å². The van der Waals surface area contributed by atoms with E-state index in [0.29, 0.717) is 18.8 Å². The Kier molecular flexibility index (Phi) is 3.93. The Morgan fingerprint density at radius 2 is 2.56 bits per heavy atom. The third kappa shape index (κ3) is 3.27. The zero-order chi connectivity index (χ0) is 13.0. The molecule has 7 heteroatoms. The third-order valence-corrected chi connectivity index (χ3v) is 3.06. The van der Waals surface area contributed by atoms with Crippen LogP contribution in [0.15, 0.2) is 6.20 Å². The van der Waals surface area contributed by atoms with Crippen LogP contribution in [0.4, 0.5) is 0 Å². The number of aromatic nitrogens is 3. The fraction of sp³-hybridized carbons (Fsp3) is 0.727. The van der Waals surface area contributed by atoms with Gasteiger partial charge in [-0.3, -0.25) is 4.79 Å². The Balaban J connectivity index is 1.78. The average Bonchev–Trinajstić information content (AvgIpc) is 2.96. The van der Waals surface area contributed by atoms with Crippen molar-refractivity contribution in [2.24, 2.45) is 5.73 Å². The molecule has 1 saturated heterocycles. The highest BCUT2D eigenvalue weighted by molar-refractivity contribution is 5.75. The number of rotatable bonds is 5. The molecule has 100 valence electrons. The van der Waals surface area contributed by atoms with Gasteiger partial charge in [-0.05, 0) is 19.8 Å². The molecule has 0 bridgehead atoms. The fourth-order valence-electron chi connectivity index (χ4n) is 1.97. The zero-order valence-corrected chi connectivity index (χ0v) is 10.6. The van der Waals surface area contributed by atoms with Crippen molar-refractivity contribution in [2.75, 3.05) is 13.2 Å². The van der Waals surface area contributed by atoms with Crippen LogP contribution >= 0.6 is 0 Å². The van der Waals surface area contributed by atoms with Gasteiger partial charge in [-0.15, -0.1) is 5.10 Å². The van der Waals surface area contributed by atoms with E-state index < -0.39 is 0 Å². The van der Waals surface area contributed by atoms with E-state index in [1.807, 2.05) is 6.92 Å². The average molecular weight is 253 g/mol. The van der Waals surface area contributed by atoms with Gasteiger partial charge in [-0.25, -0.2) is 4.68 Å². The molecule has 2 heterocycles. The second-order valence-corrected chi connectivity index (χ2v) is 4.79. The summed E-state index contributed by atoms with van der Waals surface area (Å²) < 4.78 is 7.08. The molecule has 1 amide bonds. The normalized spacial score (nSPS) is 23.2. The number of ether oxygens (including phenoxy) is 1. The van der Waals surface area contributed by atoms with Crippen LogP contribution in [0.3, 0.4) is 0 Å². The standard InChI is InChI=1S/C11H19N5O2/c1-11(3-2-4-18-11)8-13-10(17)7-16-6-9(5-12)14-15-16/h6H,2-5,7-8,12H2,1H3,(H,13,17). The van der Waals surface area contributed by atoms with E-state index in [1.54, 1.807) is 6.20 Å². The second kappa shape index (κ2) is 5.45. The molecule has 1 fully saturated rings. The summed E-state index contributed by atoms with van der Waals surface area (Å²) in [5, 5.41) is 10.5. The van der Waals surface area contributed by atoms with Crippen LogP contribution in [0.1, 0.15) is 25.5 Å². The van der Waals surface area contributed by atoms with Gasteiger partial charge in [0.05, 0.1) is 17.5 Å². The maximum absolute atomic E-state index is 11.7. The number of hydrogen-bond acceptors (Lipinski definition) is 5. The number of nitrogens with one attached hydrogen (secondary N) is 1. The van der Waals surface area contributed by atoms with Crippen molar-refractivity contribution in [3.63, 3.8) is 0 Å². The summed E-state index contributed by atoms with van der Waals surface area (Å²) >= 11 is 0. The summed E-state index contributed by atoms with van der Waals surface area (Å²) in [7, 11) is 0. The van der Waals surface area contributed by atoms with Crippen molar-refractivity contribution in [1.29, 1.82) is 0 Å². The predicted molar refractivity (Wildman–Crippen MR) is 64.5 cm³/mol. The lowest BCUT2D eigenvalue weighted by molar-refractivity contribution is -0.123. The molecule has 2 rings (SSSR count). The predicted octanol–water partition coefficient (Wildman–Crippen LogP) is -0.578. The van der Waals surface area contributed by atoms with Gasteiger partial charge in [-0.1, -0.05) is 5.21 Å². The van der Waals surface area contributed by atoms with Crippen molar-refractivity contribution in [3.05, 3.63) is 11.9 Å². The topological polar surface area (TPSA) is 95.1 Å². The van der Waals surface area contributed by atoms with Gasteiger partial charge in [0, 0.05) is 19.7 Å². The molecule has 1 unspecified atom stereocenters. The highest BCUT2D eigenvalue weighted by Gasteiger charge is 2.29. The van der Waals surface area contributed by atoms with E-state index >= 15 is 0 Å². The SMILES string of the molecule is CC1(CNC(=O)Cn2cc(CN)nn2)CCCO1. The number of amides is 1. The maximum Gasteiger partial charge on any atom is 0.241 e. The Morgan fingerprint density at radius 3 is 3.17 bits per heavy atom. The van der Waals surface area contributed by atoms with E-state index in [-0.39, 0.29) is 18.1 Å². The quantitative estimate of drug-likeness (QED) is 0.732. The fourth-order valence-corrected chi connectivity index (χ4v) is 1.97. The molecule has 0 saturated carbocycles. The summed E-state index contributed by atoms with van der Waals surface area (Å²) in [5.74, 6) is -0.0970. The van der Waals surface area contributed by atoms with Crippen molar-refractivity contribution in [3.8, 4) is 0 Å². The first-order valence-corrected chi connectivity index (χ1v) is 6.11. The largest absolute Gasteiger partial charge is 0.373 e. The number of hydrogen-bond donors (Lipinski definition) is 2. The first-order valence-electron chi connectivity index (χ1n) is 6.11. The van der Waals surface area contributed by atoms with Crippen LogP contribution in [0.5, 0.6) is 0 Å². The minimum atomic E-state index is -0.222. The van der Waals surface area contributed by atoms with Gasteiger partial charge in [0.1, 0.15) is 6.54 Å². The molecular weight excluding hydrogens is 234 g/mol. The van der Waals surface area contributed by atoms with Crippen LogP contribution in [0.25, 0.3) is 0 Å². The second-order valence-electron chi connectivity index (χ2n) is 4.79. The van der Waals surface area contributed by atoms with Crippen LogP contribution in [-0.4, -0.2) is 39.7 Å².